The fourth-order valence-electron chi connectivity index (χ4n) is 2.24. The Morgan fingerprint density at radius 1 is 1.28 bits per heavy atom. The molecule has 0 saturated heterocycles. The fraction of sp³-hybridized carbons (Fsp3) is 0.250. The van der Waals surface area contributed by atoms with Crippen LogP contribution < -0.4 is 5.32 Å². The first-order valence-electron chi connectivity index (χ1n) is 7.63. The zero-order valence-corrected chi connectivity index (χ0v) is 16.4. The summed E-state index contributed by atoms with van der Waals surface area (Å²) in [5.41, 5.74) is 1.90. The third-order valence-electron chi connectivity index (χ3n) is 3.53. The van der Waals surface area contributed by atoms with E-state index in [4.69, 9.17) is 11.6 Å². The molecule has 0 aliphatic rings. The van der Waals surface area contributed by atoms with Crippen LogP contribution in [0.4, 0.5) is 5.95 Å². The van der Waals surface area contributed by atoms with Crippen molar-refractivity contribution in [3.8, 4) is 0 Å². The van der Waals surface area contributed by atoms with Crippen LogP contribution in [0.1, 0.15) is 17.7 Å². The number of nitrogens with one attached hydrogen (secondary N) is 1. The standard InChI is InChI=1S/C16H16ClIN6O/c1-11-14(18)9-23(21-11)7-6-15(25)20-16-19-10-24(22-16)8-12-4-2-3-5-13(12)17/h2-5,9-10H,6-8H2,1H3,(H,20,22,25). The molecule has 3 aromatic rings. The summed E-state index contributed by atoms with van der Waals surface area (Å²) in [6, 6.07) is 7.55. The summed E-state index contributed by atoms with van der Waals surface area (Å²) < 4.78 is 4.48. The molecule has 7 nitrogen and oxygen atoms in total. The Labute approximate surface area is 163 Å². The van der Waals surface area contributed by atoms with Crippen molar-refractivity contribution < 1.29 is 4.79 Å². The van der Waals surface area contributed by atoms with E-state index >= 15 is 0 Å². The lowest BCUT2D eigenvalue weighted by Crippen LogP contribution is -2.16. The average molecular weight is 471 g/mol. The normalized spacial score (nSPS) is 10.8. The minimum absolute atomic E-state index is 0.154. The van der Waals surface area contributed by atoms with E-state index in [0.717, 1.165) is 14.8 Å². The lowest BCUT2D eigenvalue weighted by Gasteiger charge is -2.03. The third kappa shape index (κ3) is 4.79. The van der Waals surface area contributed by atoms with Crippen molar-refractivity contribution in [2.45, 2.75) is 26.4 Å². The number of carbonyl (C=O) groups is 1. The number of carbonyl (C=O) groups excluding carboxylic acids is 1. The maximum atomic E-state index is 12.0. The molecule has 0 fully saturated rings. The Morgan fingerprint density at radius 3 is 2.80 bits per heavy atom. The van der Waals surface area contributed by atoms with Gasteiger partial charge in [-0.15, -0.1) is 5.10 Å². The van der Waals surface area contributed by atoms with Gasteiger partial charge in [0.25, 0.3) is 0 Å². The van der Waals surface area contributed by atoms with Gasteiger partial charge in [-0.25, -0.2) is 9.67 Å². The summed E-state index contributed by atoms with van der Waals surface area (Å²) in [5, 5.41) is 12.0. The minimum atomic E-state index is -0.154. The molecule has 0 radical (unpaired) electrons. The summed E-state index contributed by atoms with van der Waals surface area (Å²) in [5.74, 6) is 0.127. The Hall–Kier alpha value is -1.94. The van der Waals surface area contributed by atoms with Gasteiger partial charge in [-0.2, -0.15) is 5.10 Å². The molecule has 0 aliphatic heterocycles. The highest BCUT2D eigenvalue weighted by molar-refractivity contribution is 14.1. The quantitative estimate of drug-likeness (QED) is 0.562. The summed E-state index contributed by atoms with van der Waals surface area (Å²) in [7, 11) is 0. The van der Waals surface area contributed by atoms with Gasteiger partial charge in [0.15, 0.2) is 0 Å². The maximum Gasteiger partial charge on any atom is 0.248 e. The first kappa shape index (κ1) is 17.9. The second-order valence-corrected chi connectivity index (χ2v) is 7.05. The highest BCUT2D eigenvalue weighted by Crippen LogP contribution is 2.16. The Balaban J connectivity index is 1.54. The van der Waals surface area contributed by atoms with Crippen LogP contribution in [0, 0.1) is 10.5 Å². The molecule has 1 N–H and O–H groups in total. The summed E-state index contributed by atoms with van der Waals surface area (Å²) >= 11 is 8.36. The van der Waals surface area contributed by atoms with Crippen molar-refractivity contribution in [1.29, 1.82) is 0 Å². The van der Waals surface area contributed by atoms with Gasteiger partial charge in [0, 0.05) is 24.2 Å². The zero-order chi connectivity index (χ0) is 17.8. The van der Waals surface area contributed by atoms with Gasteiger partial charge in [0.05, 0.1) is 15.8 Å². The van der Waals surface area contributed by atoms with Crippen LogP contribution in [0.5, 0.6) is 0 Å². The van der Waals surface area contributed by atoms with Gasteiger partial charge >= 0.3 is 0 Å². The lowest BCUT2D eigenvalue weighted by atomic mass is 10.2. The number of nitrogens with zero attached hydrogens (tertiary/aromatic N) is 5. The lowest BCUT2D eigenvalue weighted by molar-refractivity contribution is -0.116. The van der Waals surface area contributed by atoms with E-state index in [1.165, 1.54) is 0 Å². The molecule has 0 saturated carbocycles. The average Bonchev–Trinajstić information content (AvgIpc) is 3.14. The van der Waals surface area contributed by atoms with Gasteiger partial charge in [0.2, 0.25) is 11.9 Å². The molecule has 2 heterocycles. The van der Waals surface area contributed by atoms with Gasteiger partial charge in [-0.3, -0.25) is 14.8 Å². The highest BCUT2D eigenvalue weighted by atomic mass is 127. The van der Waals surface area contributed by atoms with Crippen LogP contribution in [-0.4, -0.2) is 30.5 Å². The number of anilines is 1. The van der Waals surface area contributed by atoms with Gasteiger partial charge in [-0.05, 0) is 41.1 Å². The van der Waals surface area contributed by atoms with Crippen LogP contribution >= 0.6 is 34.2 Å². The Morgan fingerprint density at radius 2 is 2.08 bits per heavy atom. The smallest absolute Gasteiger partial charge is 0.248 e. The molecule has 1 aromatic carbocycles. The first-order chi connectivity index (χ1) is 12.0. The maximum absolute atomic E-state index is 12.0. The predicted octanol–water partition coefficient (Wildman–Crippen LogP) is 3.12. The molecule has 0 atom stereocenters. The molecular formula is C16H16ClIN6O. The molecule has 0 aliphatic carbocycles. The van der Waals surface area contributed by atoms with E-state index in [9.17, 15) is 4.79 Å². The topological polar surface area (TPSA) is 77.6 Å². The van der Waals surface area contributed by atoms with Crippen molar-refractivity contribution in [3.63, 3.8) is 0 Å². The van der Waals surface area contributed by atoms with Crippen LogP contribution in [0.2, 0.25) is 5.02 Å². The van der Waals surface area contributed by atoms with Gasteiger partial charge in [0.1, 0.15) is 6.33 Å². The zero-order valence-electron chi connectivity index (χ0n) is 13.5. The van der Waals surface area contributed by atoms with Crippen LogP contribution in [-0.2, 0) is 17.9 Å². The number of hydrogen-bond donors (Lipinski definition) is 1. The van der Waals surface area contributed by atoms with Crippen molar-refractivity contribution in [1.82, 2.24) is 24.5 Å². The van der Waals surface area contributed by atoms with E-state index in [2.05, 4.69) is 43.1 Å². The largest absolute Gasteiger partial charge is 0.293 e. The minimum Gasteiger partial charge on any atom is -0.293 e. The van der Waals surface area contributed by atoms with Crippen LogP contribution in [0.25, 0.3) is 0 Å². The third-order valence-corrected chi connectivity index (χ3v) is 4.96. The summed E-state index contributed by atoms with van der Waals surface area (Å²) in [6.45, 7) is 2.94. The number of hydrogen-bond acceptors (Lipinski definition) is 4. The molecular weight excluding hydrogens is 455 g/mol. The molecule has 25 heavy (non-hydrogen) atoms. The number of rotatable bonds is 6. The SMILES string of the molecule is Cc1nn(CCC(=O)Nc2ncn(Cc3ccccc3Cl)n2)cc1I. The first-order valence-corrected chi connectivity index (χ1v) is 9.09. The second kappa shape index (κ2) is 7.96. The van der Waals surface area contributed by atoms with E-state index < -0.39 is 0 Å². The number of aromatic nitrogens is 5. The Kier molecular flexibility index (Phi) is 5.69. The molecule has 130 valence electrons. The number of benzene rings is 1. The van der Waals surface area contributed by atoms with Crippen molar-refractivity contribution >= 4 is 46.0 Å². The van der Waals surface area contributed by atoms with E-state index in [0.29, 0.717) is 24.5 Å². The van der Waals surface area contributed by atoms with Crippen molar-refractivity contribution in [2.75, 3.05) is 5.32 Å². The molecule has 0 bridgehead atoms. The highest BCUT2D eigenvalue weighted by Gasteiger charge is 2.09. The molecule has 0 spiro atoms. The molecule has 1 amide bonds. The predicted molar refractivity (Wildman–Crippen MR) is 104 cm³/mol. The van der Waals surface area contributed by atoms with Crippen LogP contribution in [0.3, 0.4) is 0 Å². The van der Waals surface area contributed by atoms with Crippen molar-refractivity contribution in [2.24, 2.45) is 0 Å². The molecule has 3 rings (SSSR count). The van der Waals surface area contributed by atoms with Crippen molar-refractivity contribution in [3.05, 3.63) is 56.6 Å². The van der Waals surface area contributed by atoms with E-state index in [-0.39, 0.29) is 11.9 Å². The molecule has 0 unspecified atom stereocenters. The van der Waals surface area contributed by atoms with Gasteiger partial charge < -0.3 is 0 Å². The van der Waals surface area contributed by atoms with Gasteiger partial charge in [-0.1, -0.05) is 29.8 Å². The van der Waals surface area contributed by atoms with Crippen LogP contribution in [0.15, 0.2) is 36.8 Å². The van der Waals surface area contributed by atoms with E-state index in [1.807, 2.05) is 37.4 Å². The summed E-state index contributed by atoms with van der Waals surface area (Å²) in [6.07, 6.45) is 3.79. The number of halogens is 2. The summed E-state index contributed by atoms with van der Waals surface area (Å²) in [4.78, 5) is 16.1. The number of amides is 1. The second-order valence-electron chi connectivity index (χ2n) is 5.48. The molecule has 2 aromatic heterocycles. The Bertz CT molecular complexity index is 871. The fourth-order valence-corrected chi connectivity index (χ4v) is 2.87. The van der Waals surface area contributed by atoms with E-state index in [1.54, 1.807) is 15.7 Å². The monoisotopic (exact) mass is 470 g/mol. The number of aryl methyl sites for hydroxylation is 2. The molecule has 9 heteroatoms.